The Labute approximate surface area is 193 Å². The van der Waals surface area contributed by atoms with Crippen LogP contribution in [0.3, 0.4) is 0 Å². The number of benzene rings is 3. The minimum Gasteiger partial charge on any atom is -0.495 e. The van der Waals surface area contributed by atoms with Gasteiger partial charge < -0.3 is 14.5 Å². The average Bonchev–Trinajstić information content (AvgIpc) is 3.15. The van der Waals surface area contributed by atoms with Gasteiger partial charge in [0.2, 0.25) is 11.8 Å². The van der Waals surface area contributed by atoms with E-state index in [0.717, 1.165) is 5.56 Å². The Morgan fingerprint density at radius 2 is 1.90 bits per heavy atom. The van der Waals surface area contributed by atoms with E-state index >= 15 is 0 Å². The molecule has 0 aliphatic rings. The van der Waals surface area contributed by atoms with Gasteiger partial charge in [-0.15, -0.1) is 0 Å². The van der Waals surface area contributed by atoms with E-state index in [0.29, 0.717) is 49.1 Å². The van der Waals surface area contributed by atoms with Gasteiger partial charge in [0.15, 0.2) is 5.58 Å². The Kier molecular flexibility index (Phi) is 6.18. The molecule has 1 amide bonds. The number of rotatable bonds is 5. The van der Waals surface area contributed by atoms with E-state index in [2.05, 4.69) is 10.3 Å². The van der Waals surface area contributed by atoms with Crippen LogP contribution in [0.15, 0.2) is 65.1 Å². The quantitative estimate of drug-likeness (QED) is 0.314. The number of halogens is 3. The molecule has 4 rings (SSSR count). The van der Waals surface area contributed by atoms with Gasteiger partial charge in [-0.1, -0.05) is 40.9 Å². The maximum absolute atomic E-state index is 12.4. The van der Waals surface area contributed by atoms with Crippen LogP contribution in [0.2, 0.25) is 15.1 Å². The number of carbonyl (C=O) groups is 1. The Balaban J connectivity index is 1.53. The second-order valence-electron chi connectivity index (χ2n) is 6.54. The third-order valence-corrected chi connectivity index (χ3v) is 5.12. The number of nitrogens with zero attached hydrogens (tertiary/aromatic N) is 1. The number of nitrogens with one attached hydrogen (secondary N) is 1. The van der Waals surface area contributed by atoms with Crippen molar-refractivity contribution >= 4 is 63.6 Å². The standard InChI is InChI=1S/C23H15Cl3N2O3/c1-30-22-13(9-16(25)11-18(22)26)5-8-21(29)27-17-6-7-20-19(12-17)28-23(31-20)14-3-2-4-15(24)10-14/h2-12H,1H3,(H,27,29)/b8-5+. The highest BCUT2D eigenvalue weighted by Gasteiger charge is 2.11. The molecule has 3 aromatic carbocycles. The van der Waals surface area contributed by atoms with E-state index in [1.807, 2.05) is 12.1 Å². The summed E-state index contributed by atoms with van der Waals surface area (Å²) in [6.45, 7) is 0. The van der Waals surface area contributed by atoms with Gasteiger partial charge in [-0.2, -0.15) is 0 Å². The highest BCUT2D eigenvalue weighted by Crippen LogP contribution is 2.33. The van der Waals surface area contributed by atoms with Crippen LogP contribution in [0.4, 0.5) is 5.69 Å². The number of aromatic nitrogens is 1. The fourth-order valence-corrected chi connectivity index (χ4v) is 3.80. The third kappa shape index (κ3) is 4.85. The minimum atomic E-state index is -0.337. The fourth-order valence-electron chi connectivity index (χ4n) is 3.02. The molecule has 0 spiro atoms. The van der Waals surface area contributed by atoms with Crippen molar-refractivity contribution in [3.05, 3.63) is 81.3 Å². The molecule has 31 heavy (non-hydrogen) atoms. The van der Waals surface area contributed by atoms with E-state index in [9.17, 15) is 4.79 Å². The molecule has 0 aliphatic heterocycles. The van der Waals surface area contributed by atoms with Crippen LogP contribution < -0.4 is 10.1 Å². The Bertz CT molecular complexity index is 1310. The van der Waals surface area contributed by atoms with Crippen molar-refractivity contribution in [1.82, 2.24) is 4.98 Å². The first-order valence-electron chi connectivity index (χ1n) is 9.11. The molecule has 0 atom stereocenters. The van der Waals surface area contributed by atoms with Crippen LogP contribution in [0, 0.1) is 0 Å². The number of carbonyl (C=O) groups excluding carboxylic acids is 1. The van der Waals surface area contributed by atoms with Crippen molar-refractivity contribution in [2.24, 2.45) is 0 Å². The maximum atomic E-state index is 12.4. The molecule has 8 heteroatoms. The number of hydrogen-bond donors (Lipinski definition) is 1. The molecule has 156 valence electrons. The predicted molar refractivity (Wildman–Crippen MR) is 125 cm³/mol. The maximum Gasteiger partial charge on any atom is 0.248 e. The summed E-state index contributed by atoms with van der Waals surface area (Å²) in [6, 6.07) is 15.7. The Morgan fingerprint density at radius 3 is 2.68 bits per heavy atom. The lowest BCUT2D eigenvalue weighted by Crippen LogP contribution is -2.07. The molecule has 0 fully saturated rings. The Morgan fingerprint density at radius 1 is 1.06 bits per heavy atom. The second-order valence-corrected chi connectivity index (χ2v) is 7.82. The zero-order valence-electron chi connectivity index (χ0n) is 16.2. The van der Waals surface area contributed by atoms with E-state index < -0.39 is 0 Å². The van der Waals surface area contributed by atoms with Crippen molar-refractivity contribution < 1.29 is 13.9 Å². The summed E-state index contributed by atoms with van der Waals surface area (Å²) < 4.78 is 11.1. The number of methoxy groups -OCH3 is 1. The average molecular weight is 474 g/mol. The van der Waals surface area contributed by atoms with Crippen molar-refractivity contribution in [3.63, 3.8) is 0 Å². The number of oxazole rings is 1. The molecule has 5 nitrogen and oxygen atoms in total. The smallest absolute Gasteiger partial charge is 0.248 e. The second kappa shape index (κ2) is 9.02. The summed E-state index contributed by atoms with van der Waals surface area (Å²) >= 11 is 18.2. The summed E-state index contributed by atoms with van der Waals surface area (Å²) in [5.41, 5.74) is 3.14. The lowest BCUT2D eigenvalue weighted by Gasteiger charge is -2.08. The van der Waals surface area contributed by atoms with E-state index in [1.54, 1.807) is 48.5 Å². The summed E-state index contributed by atoms with van der Waals surface area (Å²) in [5, 5.41) is 4.19. The molecule has 1 heterocycles. The summed E-state index contributed by atoms with van der Waals surface area (Å²) in [6.07, 6.45) is 2.95. The summed E-state index contributed by atoms with van der Waals surface area (Å²) in [5.74, 6) is 0.551. The first kappa shape index (κ1) is 21.2. The van der Waals surface area contributed by atoms with Gasteiger partial charge in [0.05, 0.1) is 12.1 Å². The first-order valence-corrected chi connectivity index (χ1v) is 10.2. The van der Waals surface area contributed by atoms with Crippen LogP contribution in [0.1, 0.15) is 5.56 Å². The molecular weight excluding hydrogens is 459 g/mol. The third-order valence-electron chi connectivity index (χ3n) is 4.38. The largest absolute Gasteiger partial charge is 0.495 e. The number of fused-ring (bicyclic) bond motifs is 1. The normalized spacial score (nSPS) is 11.2. The summed E-state index contributed by atoms with van der Waals surface area (Å²) in [7, 11) is 1.50. The fraction of sp³-hybridized carbons (Fsp3) is 0.0435. The van der Waals surface area contributed by atoms with Crippen LogP contribution in [0.25, 0.3) is 28.6 Å². The van der Waals surface area contributed by atoms with Crippen LogP contribution in [-0.4, -0.2) is 18.0 Å². The van der Waals surface area contributed by atoms with Gasteiger partial charge in [-0.3, -0.25) is 4.79 Å². The van der Waals surface area contributed by atoms with Gasteiger partial charge in [-0.25, -0.2) is 4.98 Å². The van der Waals surface area contributed by atoms with Crippen LogP contribution >= 0.6 is 34.8 Å². The molecule has 0 bridgehead atoms. The molecular formula is C23H15Cl3N2O3. The van der Waals surface area contributed by atoms with Crippen molar-refractivity contribution in [2.75, 3.05) is 12.4 Å². The van der Waals surface area contributed by atoms with Crippen LogP contribution in [0.5, 0.6) is 5.75 Å². The molecule has 0 aliphatic carbocycles. The van der Waals surface area contributed by atoms with Gasteiger partial charge in [-0.05, 0) is 54.6 Å². The van der Waals surface area contributed by atoms with E-state index in [-0.39, 0.29) is 5.91 Å². The number of amides is 1. The van der Waals surface area contributed by atoms with Crippen molar-refractivity contribution in [1.29, 1.82) is 0 Å². The molecule has 4 aromatic rings. The molecule has 0 saturated carbocycles. The highest BCUT2D eigenvalue weighted by molar-refractivity contribution is 6.36. The molecule has 0 unspecified atom stereocenters. The minimum absolute atomic E-state index is 0.337. The highest BCUT2D eigenvalue weighted by atomic mass is 35.5. The van der Waals surface area contributed by atoms with E-state index in [4.69, 9.17) is 44.0 Å². The SMILES string of the molecule is COc1c(Cl)cc(Cl)cc1/C=C/C(=O)Nc1ccc2oc(-c3cccc(Cl)c3)nc2c1. The zero-order chi connectivity index (χ0) is 22.0. The van der Waals surface area contributed by atoms with E-state index in [1.165, 1.54) is 13.2 Å². The monoisotopic (exact) mass is 472 g/mol. The summed E-state index contributed by atoms with van der Waals surface area (Å²) in [4.78, 5) is 16.9. The molecule has 0 radical (unpaired) electrons. The van der Waals surface area contributed by atoms with Gasteiger partial charge >= 0.3 is 0 Å². The predicted octanol–water partition coefficient (Wildman–Crippen LogP) is 7.12. The van der Waals surface area contributed by atoms with Crippen molar-refractivity contribution in [3.8, 4) is 17.2 Å². The topological polar surface area (TPSA) is 64.4 Å². The Hall–Kier alpha value is -2.99. The molecule has 1 N–H and O–H groups in total. The van der Waals surface area contributed by atoms with Gasteiger partial charge in [0, 0.05) is 32.9 Å². The molecule has 1 aromatic heterocycles. The number of hydrogen-bond acceptors (Lipinski definition) is 4. The van der Waals surface area contributed by atoms with Crippen LogP contribution in [-0.2, 0) is 4.79 Å². The lowest BCUT2D eigenvalue weighted by atomic mass is 10.2. The lowest BCUT2D eigenvalue weighted by molar-refractivity contribution is -0.111. The molecule has 0 saturated heterocycles. The van der Waals surface area contributed by atoms with Gasteiger partial charge in [0.25, 0.3) is 0 Å². The van der Waals surface area contributed by atoms with Crippen molar-refractivity contribution in [2.45, 2.75) is 0 Å². The van der Waals surface area contributed by atoms with Gasteiger partial charge in [0.1, 0.15) is 11.3 Å². The number of ether oxygens (including phenoxy) is 1. The number of anilines is 1. The zero-order valence-corrected chi connectivity index (χ0v) is 18.4. The first-order chi connectivity index (χ1) is 14.9.